The van der Waals surface area contributed by atoms with Gasteiger partial charge in [0.2, 0.25) is 5.95 Å². The molecule has 0 saturated heterocycles. The molecule has 0 radical (unpaired) electrons. The lowest BCUT2D eigenvalue weighted by atomic mass is 10.1. The molecule has 1 N–H and O–H groups in total. The van der Waals surface area contributed by atoms with Crippen molar-refractivity contribution in [3.63, 3.8) is 0 Å². The standard InChI is InChI=1S/C16H24N4/c1-4-5-6-8-14-9-7-10-15(14)19-20-16-17-12(2)11-13(3)18-16/h9,11H,4-8,10H2,1-3H3,(H,17,18,20)/b19-15-. The van der Waals surface area contributed by atoms with Crippen LogP contribution in [-0.4, -0.2) is 15.7 Å². The van der Waals surface area contributed by atoms with Crippen LogP contribution in [-0.2, 0) is 0 Å². The van der Waals surface area contributed by atoms with E-state index in [1.54, 1.807) is 0 Å². The molecular weight excluding hydrogens is 248 g/mol. The van der Waals surface area contributed by atoms with Crippen LogP contribution in [0.25, 0.3) is 0 Å². The van der Waals surface area contributed by atoms with Gasteiger partial charge in [-0.1, -0.05) is 25.8 Å². The van der Waals surface area contributed by atoms with E-state index in [9.17, 15) is 0 Å². The molecule has 0 spiro atoms. The van der Waals surface area contributed by atoms with Gasteiger partial charge in [-0.3, -0.25) is 0 Å². The third-order valence-corrected chi connectivity index (χ3v) is 3.47. The molecule has 2 rings (SSSR count). The van der Waals surface area contributed by atoms with E-state index in [1.165, 1.54) is 30.5 Å². The third kappa shape index (κ3) is 4.15. The molecule has 1 aromatic heterocycles. The van der Waals surface area contributed by atoms with Crippen molar-refractivity contribution in [1.29, 1.82) is 0 Å². The molecule has 108 valence electrons. The second-order valence-electron chi connectivity index (χ2n) is 5.37. The fraction of sp³-hybridized carbons (Fsp3) is 0.562. The summed E-state index contributed by atoms with van der Waals surface area (Å²) in [6, 6.07) is 1.96. The molecule has 0 saturated carbocycles. The Labute approximate surface area is 121 Å². The van der Waals surface area contributed by atoms with E-state index >= 15 is 0 Å². The SMILES string of the molecule is CCCCCC1=CCC/C1=N/Nc1nc(C)cc(C)n1. The number of nitrogens with zero attached hydrogens (tertiary/aromatic N) is 3. The van der Waals surface area contributed by atoms with Gasteiger partial charge >= 0.3 is 0 Å². The predicted octanol–water partition coefficient (Wildman–Crippen LogP) is 4.16. The van der Waals surface area contributed by atoms with Gasteiger partial charge in [-0.2, -0.15) is 5.10 Å². The Balaban J connectivity index is 1.98. The third-order valence-electron chi connectivity index (χ3n) is 3.47. The molecule has 1 heterocycles. The Morgan fingerprint density at radius 2 is 1.95 bits per heavy atom. The van der Waals surface area contributed by atoms with Gasteiger partial charge in [0.15, 0.2) is 0 Å². The summed E-state index contributed by atoms with van der Waals surface area (Å²) in [7, 11) is 0. The molecule has 0 unspecified atom stereocenters. The van der Waals surface area contributed by atoms with E-state index in [1.807, 2.05) is 19.9 Å². The number of nitrogens with one attached hydrogen (secondary N) is 1. The topological polar surface area (TPSA) is 50.2 Å². The van der Waals surface area contributed by atoms with E-state index in [-0.39, 0.29) is 0 Å². The summed E-state index contributed by atoms with van der Waals surface area (Å²) in [5.41, 5.74) is 7.51. The molecule has 0 bridgehead atoms. The molecule has 20 heavy (non-hydrogen) atoms. The average molecular weight is 272 g/mol. The van der Waals surface area contributed by atoms with Crippen LogP contribution in [0.2, 0.25) is 0 Å². The zero-order valence-electron chi connectivity index (χ0n) is 12.7. The van der Waals surface area contributed by atoms with E-state index in [2.05, 4.69) is 33.5 Å². The first-order valence-electron chi connectivity index (χ1n) is 7.53. The minimum atomic E-state index is 0.592. The van der Waals surface area contributed by atoms with E-state index in [0.717, 1.165) is 30.7 Å². The number of rotatable bonds is 6. The molecular formula is C16H24N4. The van der Waals surface area contributed by atoms with Crippen molar-refractivity contribution in [1.82, 2.24) is 9.97 Å². The fourth-order valence-electron chi connectivity index (χ4n) is 2.49. The van der Waals surface area contributed by atoms with Gasteiger partial charge in [0.1, 0.15) is 0 Å². The minimum absolute atomic E-state index is 0.592. The molecule has 0 atom stereocenters. The van der Waals surface area contributed by atoms with Crippen molar-refractivity contribution < 1.29 is 0 Å². The highest BCUT2D eigenvalue weighted by Gasteiger charge is 2.13. The van der Waals surface area contributed by atoms with Gasteiger partial charge in [0.05, 0.1) is 5.71 Å². The summed E-state index contributed by atoms with van der Waals surface area (Å²) in [4.78, 5) is 8.69. The highest BCUT2D eigenvalue weighted by Crippen LogP contribution is 2.21. The Bertz CT molecular complexity index is 497. The number of hydrazone groups is 1. The van der Waals surface area contributed by atoms with Crippen LogP contribution in [0.4, 0.5) is 5.95 Å². The summed E-state index contributed by atoms with van der Waals surface area (Å²) in [5, 5.41) is 4.51. The summed E-state index contributed by atoms with van der Waals surface area (Å²) in [6.07, 6.45) is 9.39. The average Bonchev–Trinajstić information content (AvgIpc) is 2.83. The highest BCUT2D eigenvalue weighted by molar-refractivity contribution is 6.02. The van der Waals surface area contributed by atoms with Crippen molar-refractivity contribution in [3.8, 4) is 0 Å². The summed E-state index contributed by atoms with van der Waals surface area (Å²) in [6.45, 7) is 6.17. The number of allylic oxidation sites excluding steroid dienone is 2. The number of aryl methyl sites for hydroxylation is 2. The predicted molar refractivity (Wildman–Crippen MR) is 84.0 cm³/mol. The van der Waals surface area contributed by atoms with Crippen molar-refractivity contribution in [2.75, 3.05) is 5.43 Å². The van der Waals surface area contributed by atoms with Gasteiger partial charge in [0, 0.05) is 11.4 Å². The normalized spacial score (nSPS) is 16.6. The van der Waals surface area contributed by atoms with Gasteiger partial charge in [-0.25, -0.2) is 15.4 Å². The summed E-state index contributed by atoms with van der Waals surface area (Å²) < 4.78 is 0. The van der Waals surface area contributed by atoms with Crippen LogP contribution in [0.5, 0.6) is 0 Å². The Hall–Kier alpha value is -1.71. The lowest BCUT2D eigenvalue weighted by Gasteiger charge is -2.06. The number of aromatic nitrogens is 2. The van der Waals surface area contributed by atoms with Crippen molar-refractivity contribution in [3.05, 3.63) is 29.1 Å². The number of hydrogen-bond acceptors (Lipinski definition) is 4. The Morgan fingerprint density at radius 3 is 2.65 bits per heavy atom. The van der Waals surface area contributed by atoms with Crippen LogP contribution < -0.4 is 5.43 Å². The fourth-order valence-corrected chi connectivity index (χ4v) is 2.49. The van der Waals surface area contributed by atoms with Crippen LogP contribution >= 0.6 is 0 Å². The summed E-state index contributed by atoms with van der Waals surface area (Å²) >= 11 is 0. The second kappa shape index (κ2) is 7.17. The molecule has 1 aliphatic rings. The molecule has 4 nitrogen and oxygen atoms in total. The number of unbranched alkanes of at least 4 members (excludes halogenated alkanes) is 2. The van der Waals surface area contributed by atoms with Crippen LogP contribution in [0.3, 0.4) is 0 Å². The zero-order valence-corrected chi connectivity index (χ0v) is 12.7. The quantitative estimate of drug-likeness (QED) is 0.625. The highest BCUT2D eigenvalue weighted by atomic mass is 15.4. The van der Waals surface area contributed by atoms with Crippen LogP contribution in [0.1, 0.15) is 56.8 Å². The molecule has 1 aliphatic carbocycles. The molecule has 0 amide bonds. The smallest absolute Gasteiger partial charge is 0.243 e. The van der Waals surface area contributed by atoms with E-state index < -0.39 is 0 Å². The first kappa shape index (κ1) is 14.7. The number of hydrogen-bond donors (Lipinski definition) is 1. The van der Waals surface area contributed by atoms with Crippen molar-refractivity contribution in [2.45, 2.75) is 59.3 Å². The molecule has 0 fully saturated rings. The number of anilines is 1. The molecule has 0 aromatic carbocycles. The van der Waals surface area contributed by atoms with Crippen LogP contribution in [0.15, 0.2) is 22.8 Å². The lowest BCUT2D eigenvalue weighted by Crippen LogP contribution is -2.05. The van der Waals surface area contributed by atoms with Crippen LogP contribution in [0, 0.1) is 13.8 Å². The molecule has 0 aliphatic heterocycles. The molecule has 1 aromatic rings. The first-order chi connectivity index (χ1) is 9.69. The molecule has 4 heteroatoms. The second-order valence-corrected chi connectivity index (χ2v) is 5.37. The van der Waals surface area contributed by atoms with E-state index in [4.69, 9.17) is 0 Å². The zero-order chi connectivity index (χ0) is 14.4. The van der Waals surface area contributed by atoms with Crippen molar-refractivity contribution in [2.24, 2.45) is 5.10 Å². The largest absolute Gasteiger partial charge is 0.245 e. The maximum atomic E-state index is 4.51. The first-order valence-corrected chi connectivity index (χ1v) is 7.53. The van der Waals surface area contributed by atoms with Gasteiger partial charge < -0.3 is 0 Å². The Kier molecular flexibility index (Phi) is 5.27. The van der Waals surface area contributed by atoms with Crippen molar-refractivity contribution >= 4 is 11.7 Å². The maximum absolute atomic E-state index is 4.51. The Morgan fingerprint density at radius 1 is 1.20 bits per heavy atom. The summed E-state index contributed by atoms with van der Waals surface area (Å²) in [5.74, 6) is 0.592. The van der Waals surface area contributed by atoms with Gasteiger partial charge in [-0.15, -0.1) is 0 Å². The lowest BCUT2D eigenvalue weighted by molar-refractivity contribution is 0.722. The van der Waals surface area contributed by atoms with E-state index in [0.29, 0.717) is 5.95 Å². The monoisotopic (exact) mass is 272 g/mol. The van der Waals surface area contributed by atoms with Gasteiger partial charge in [0.25, 0.3) is 0 Å². The van der Waals surface area contributed by atoms with Gasteiger partial charge in [-0.05, 0) is 51.2 Å². The minimum Gasteiger partial charge on any atom is -0.245 e. The maximum Gasteiger partial charge on any atom is 0.243 e.